The molecule has 12 heavy (non-hydrogen) atoms. The highest BCUT2D eigenvalue weighted by molar-refractivity contribution is 4.90. The van der Waals surface area contributed by atoms with Crippen LogP contribution >= 0.6 is 0 Å². The molecule has 0 radical (unpaired) electrons. The van der Waals surface area contributed by atoms with E-state index in [1.165, 1.54) is 13.1 Å². The molecule has 0 unspecified atom stereocenters. The van der Waals surface area contributed by atoms with Crippen molar-refractivity contribution in [3.05, 3.63) is 12.2 Å². The molecule has 0 bridgehead atoms. The van der Waals surface area contributed by atoms with Crippen molar-refractivity contribution >= 4 is 0 Å². The third-order valence-corrected chi connectivity index (χ3v) is 2.40. The minimum Gasteiger partial charge on any atom is -0.308 e. The molecule has 0 spiro atoms. The fraction of sp³-hybridized carbons (Fsp3) is 0.800. The maximum absolute atomic E-state index is 3.48. The molecule has 1 N–H and O–H groups in total. The molecule has 0 aromatic rings. The fourth-order valence-electron chi connectivity index (χ4n) is 1.42. The van der Waals surface area contributed by atoms with Crippen LogP contribution in [0.3, 0.4) is 0 Å². The van der Waals surface area contributed by atoms with Crippen molar-refractivity contribution in [3.63, 3.8) is 0 Å². The van der Waals surface area contributed by atoms with E-state index in [9.17, 15) is 0 Å². The number of hydrogen-bond acceptors (Lipinski definition) is 2. The van der Waals surface area contributed by atoms with Gasteiger partial charge in [0, 0.05) is 31.7 Å². The molecule has 1 saturated heterocycles. The van der Waals surface area contributed by atoms with Gasteiger partial charge in [-0.05, 0) is 20.8 Å². The summed E-state index contributed by atoms with van der Waals surface area (Å²) in [6.07, 6.45) is 4.25. The molecule has 1 rings (SSSR count). The molecule has 0 aromatic carbocycles. The number of nitrogens with one attached hydrogen (secondary N) is 1. The van der Waals surface area contributed by atoms with Gasteiger partial charge < -0.3 is 5.32 Å². The zero-order valence-corrected chi connectivity index (χ0v) is 8.38. The number of likely N-dealkylation sites (tertiary alicyclic amines) is 1. The second-order valence-corrected chi connectivity index (χ2v) is 3.72. The highest BCUT2D eigenvalue weighted by atomic mass is 15.3. The Labute approximate surface area is 75.6 Å². The van der Waals surface area contributed by atoms with Crippen LogP contribution in [0.1, 0.15) is 20.8 Å². The van der Waals surface area contributed by atoms with Gasteiger partial charge in [-0.2, -0.15) is 0 Å². The first-order valence-electron chi connectivity index (χ1n) is 4.82. The van der Waals surface area contributed by atoms with Gasteiger partial charge in [-0.15, -0.1) is 0 Å². The van der Waals surface area contributed by atoms with E-state index in [1.54, 1.807) is 0 Å². The third kappa shape index (κ3) is 2.61. The Hall–Kier alpha value is -0.340. The molecule has 1 fully saturated rings. The minimum atomic E-state index is 0.713. The van der Waals surface area contributed by atoms with E-state index >= 15 is 0 Å². The predicted octanol–water partition coefficient (Wildman–Crippen LogP) is 1.24. The highest BCUT2D eigenvalue weighted by Crippen LogP contribution is 2.10. The van der Waals surface area contributed by atoms with Crippen LogP contribution in [-0.2, 0) is 0 Å². The van der Waals surface area contributed by atoms with Crippen molar-refractivity contribution in [2.45, 2.75) is 32.9 Å². The molecule has 1 aliphatic rings. The van der Waals surface area contributed by atoms with Crippen LogP contribution in [-0.4, -0.2) is 36.6 Å². The van der Waals surface area contributed by atoms with Crippen molar-refractivity contribution in [1.29, 1.82) is 0 Å². The Bertz CT molecular complexity index is 146. The quantitative estimate of drug-likeness (QED) is 0.635. The second-order valence-electron chi connectivity index (χ2n) is 3.72. The highest BCUT2D eigenvalue weighted by Gasteiger charge is 2.26. The van der Waals surface area contributed by atoms with Gasteiger partial charge >= 0.3 is 0 Å². The van der Waals surface area contributed by atoms with E-state index < -0.39 is 0 Å². The Morgan fingerprint density at radius 2 is 2.17 bits per heavy atom. The smallest absolute Gasteiger partial charge is 0.0325 e. The van der Waals surface area contributed by atoms with Crippen LogP contribution < -0.4 is 5.32 Å². The number of nitrogens with zero attached hydrogens (tertiary/aromatic N) is 1. The zero-order valence-electron chi connectivity index (χ0n) is 8.38. The molecule has 1 heterocycles. The molecular weight excluding hydrogens is 148 g/mol. The van der Waals surface area contributed by atoms with Gasteiger partial charge in [0.25, 0.3) is 0 Å². The summed E-state index contributed by atoms with van der Waals surface area (Å²) in [4.78, 5) is 2.48. The molecule has 0 atom stereocenters. The normalized spacial score (nSPS) is 20.7. The average Bonchev–Trinajstić information content (AvgIpc) is 1.93. The van der Waals surface area contributed by atoms with Gasteiger partial charge in [-0.1, -0.05) is 12.2 Å². The molecule has 0 aromatic heterocycles. The average molecular weight is 168 g/mol. The lowest BCUT2D eigenvalue weighted by Gasteiger charge is -2.42. The van der Waals surface area contributed by atoms with Gasteiger partial charge in [-0.3, -0.25) is 4.90 Å². The molecule has 0 saturated carbocycles. The summed E-state index contributed by atoms with van der Waals surface area (Å²) in [6, 6.07) is 1.44. The third-order valence-electron chi connectivity index (χ3n) is 2.40. The van der Waals surface area contributed by atoms with Crippen LogP contribution in [0.25, 0.3) is 0 Å². The van der Waals surface area contributed by atoms with Gasteiger partial charge in [0.05, 0.1) is 0 Å². The summed E-state index contributed by atoms with van der Waals surface area (Å²) in [5, 5.41) is 3.48. The number of hydrogen-bond donors (Lipinski definition) is 1. The van der Waals surface area contributed by atoms with Gasteiger partial charge in [-0.25, -0.2) is 0 Å². The van der Waals surface area contributed by atoms with Gasteiger partial charge in [0.1, 0.15) is 0 Å². The maximum Gasteiger partial charge on any atom is 0.0325 e. The summed E-state index contributed by atoms with van der Waals surface area (Å²) in [6.45, 7) is 10.0. The van der Waals surface area contributed by atoms with Crippen molar-refractivity contribution in [2.75, 3.05) is 19.6 Å². The van der Waals surface area contributed by atoms with E-state index in [1.807, 2.05) is 0 Å². The Morgan fingerprint density at radius 3 is 2.67 bits per heavy atom. The zero-order chi connectivity index (χ0) is 8.97. The first kappa shape index (κ1) is 9.75. The summed E-state index contributed by atoms with van der Waals surface area (Å²) in [5.74, 6) is 0. The van der Waals surface area contributed by atoms with E-state index in [4.69, 9.17) is 0 Å². The predicted molar refractivity (Wildman–Crippen MR) is 53.3 cm³/mol. The topological polar surface area (TPSA) is 15.3 Å². The summed E-state index contributed by atoms with van der Waals surface area (Å²) in [5.41, 5.74) is 0. The summed E-state index contributed by atoms with van der Waals surface area (Å²) >= 11 is 0. The SMILES string of the molecule is C/C=C\CNC1CN(C(C)C)C1. The first-order chi connectivity index (χ1) is 5.74. The molecule has 0 amide bonds. The molecule has 2 heteroatoms. The number of allylic oxidation sites excluding steroid dienone is 1. The van der Waals surface area contributed by atoms with Crippen LogP contribution in [0.5, 0.6) is 0 Å². The lowest BCUT2D eigenvalue weighted by atomic mass is 10.1. The molecule has 1 aliphatic heterocycles. The van der Waals surface area contributed by atoms with Gasteiger partial charge in [0.2, 0.25) is 0 Å². The van der Waals surface area contributed by atoms with Crippen molar-refractivity contribution < 1.29 is 0 Å². The van der Waals surface area contributed by atoms with E-state index in [2.05, 4.69) is 43.1 Å². The van der Waals surface area contributed by atoms with Crippen molar-refractivity contribution in [3.8, 4) is 0 Å². The van der Waals surface area contributed by atoms with Crippen molar-refractivity contribution in [1.82, 2.24) is 10.2 Å². The van der Waals surface area contributed by atoms with Crippen molar-refractivity contribution in [2.24, 2.45) is 0 Å². The van der Waals surface area contributed by atoms with E-state index in [0.29, 0.717) is 6.04 Å². The van der Waals surface area contributed by atoms with Crippen LogP contribution in [0.2, 0.25) is 0 Å². The van der Waals surface area contributed by atoms with Crippen LogP contribution in [0.4, 0.5) is 0 Å². The van der Waals surface area contributed by atoms with Gasteiger partial charge in [0.15, 0.2) is 0 Å². The van der Waals surface area contributed by atoms with E-state index in [0.717, 1.165) is 12.6 Å². The Balaban J connectivity index is 2.02. The maximum atomic E-state index is 3.48. The lowest BCUT2D eigenvalue weighted by molar-refractivity contribution is 0.0943. The largest absolute Gasteiger partial charge is 0.308 e. The molecular formula is C10H20N2. The monoisotopic (exact) mass is 168 g/mol. The Morgan fingerprint density at radius 1 is 1.50 bits per heavy atom. The Kier molecular flexibility index (Phi) is 3.76. The summed E-state index contributed by atoms with van der Waals surface area (Å²) in [7, 11) is 0. The van der Waals surface area contributed by atoms with E-state index in [-0.39, 0.29) is 0 Å². The number of rotatable bonds is 4. The fourth-order valence-corrected chi connectivity index (χ4v) is 1.42. The first-order valence-corrected chi connectivity index (χ1v) is 4.82. The lowest BCUT2D eigenvalue weighted by Crippen LogP contribution is -2.59. The van der Waals surface area contributed by atoms with Crippen LogP contribution in [0.15, 0.2) is 12.2 Å². The van der Waals surface area contributed by atoms with Crippen LogP contribution in [0, 0.1) is 0 Å². The molecule has 2 nitrogen and oxygen atoms in total. The minimum absolute atomic E-state index is 0.713. The standard InChI is InChI=1S/C10H20N2/c1-4-5-6-11-10-7-12(8-10)9(2)3/h4-5,9-11H,6-8H2,1-3H3/b5-4-. The summed E-state index contributed by atoms with van der Waals surface area (Å²) < 4.78 is 0. The second kappa shape index (κ2) is 4.63. The molecule has 70 valence electrons. The molecule has 0 aliphatic carbocycles.